The molecule has 0 amide bonds. The maximum atomic E-state index is 11.5. The molecule has 0 aromatic carbocycles. The summed E-state index contributed by atoms with van der Waals surface area (Å²) in [5.41, 5.74) is 10.7. The third kappa shape index (κ3) is 2.80. The first-order valence-corrected chi connectivity index (χ1v) is 4.73. The first-order chi connectivity index (χ1) is 7.56. The molecule has 0 unspecified atom stereocenters. The smallest absolute Gasteiger partial charge is 0.372 e. The Labute approximate surface area is 96.4 Å². The highest BCUT2D eigenvalue weighted by Gasteiger charge is 2.18. The van der Waals surface area contributed by atoms with Crippen molar-refractivity contribution >= 4 is 29.2 Å². The van der Waals surface area contributed by atoms with Gasteiger partial charge in [0.1, 0.15) is 28.7 Å². The Morgan fingerprint density at radius 1 is 1.62 bits per heavy atom. The number of nitrogens with zero attached hydrogens (tertiary/aromatic N) is 3. The molecule has 0 bridgehead atoms. The third-order valence-corrected chi connectivity index (χ3v) is 1.93. The van der Waals surface area contributed by atoms with Crippen LogP contribution in [0.4, 0.5) is 5.82 Å². The zero-order chi connectivity index (χ0) is 12.1. The van der Waals surface area contributed by atoms with Crippen molar-refractivity contribution in [3.8, 4) is 0 Å². The Bertz CT molecular complexity index is 414. The maximum absolute atomic E-state index is 11.5. The Morgan fingerprint density at radius 3 is 2.88 bits per heavy atom. The molecule has 86 valence electrons. The number of halogens is 1. The van der Waals surface area contributed by atoms with Gasteiger partial charge in [-0.05, 0) is 0 Å². The Hall–Kier alpha value is -1.89. The number of rotatable bonds is 3. The van der Waals surface area contributed by atoms with Crippen LogP contribution in [0.3, 0.4) is 0 Å². The molecule has 1 aromatic heterocycles. The van der Waals surface area contributed by atoms with Crippen LogP contribution in [0, 0.1) is 0 Å². The largest absolute Gasteiger partial charge is 0.384 e. The summed E-state index contributed by atoms with van der Waals surface area (Å²) in [7, 11) is 0. The highest BCUT2D eigenvalue weighted by molar-refractivity contribution is 6.32. The van der Waals surface area contributed by atoms with Gasteiger partial charge in [0.2, 0.25) is 0 Å². The molecule has 0 atom stereocenters. The molecule has 0 fully saturated rings. The van der Waals surface area contributed by atoms with Crippen LogP contribution in [0.15, 0.2) is 11.5 Å². The van der Waals surface area contributed by atoms with Crippen molar-refractivity contribution in [1.29, 1.82) is 0 Å². The number of aromatic nitrogens is 2. The quantitative estimate of drug-likeness (QED) is 0.263. The second-order valence-corrected chi connectivity index (χ2v) is 3.10. The molecule has 0 saturated heterocycles. The number of nitrogens with two attached hydrogens (primary N) is 2. The average Bonchev–Trinajstić information content (AvgIpc) is 2.25. The third-order valence-electron chi connectivity index (χ3n) is 1.64. The molecule has 1 rings (SSSR count). The summed E-state index contributed by atoms with van der Waals surface area (Å²) >= 11 is 5.66. The summed E-state index contributed by atoms with van der Waals surface area (Å²) in [5.74, 6) is -0.741. The fourth-order valence-corrected chi connectivity index (χ4v) is 0.993. The van der Waals surface area contributed by atoms with E-state index in [2.05, 4.69) is 20.0 Å². The van der Waals surface area contributed by atoms with E-state index >= 15 is 0 Å². The molecule has 7 nitrogen and oxygen atoms in total. The SMILES string of the molecule is CC/C(N)=N/OC(=O)c1c(N)ncnc1Cl. The van der Waals surface area contributed by atoms with Gasteiger partial charge in [-0.25, -0.2) is 14.8 Å². The Balaban J connectivity index is 2.89. The van der Waals surface area contributed by atoms with Crippen molar-refractivity contribution in [2.24, 2.45) is 10.9 Å². The van der Waals surface area contributed by atoms with Crippen molar-refractivity contribution < 1.29 is 9.63 Å². The van der Waals surface area contributed by atoms with Gasteiger partial charge < -0.3 is 16.3 Å². The number of hydrogen-bond acceptors (Lipinski definition) is 6. The van der Waals surface area contributed by atoms with Crippen molar-refractivity contribution in [1.82, 2.24) is 9.97 Å². The fourth-order valence-electron chi connectivity index (χ4n) is 0.776. The van der Waals surface area contributed by atoms with Crippen LogP contribution in [-0.4, -0.2) is 21.8 Å². The monoisotopic (exact) mass is 243 g/mol. The van der Waals surface area contributed by atoms with Crippen LogP contribution in [-0.2, 0) is 4.84 Å². The van der Waals surface area contributed by atoms with Crippen LogP contribution in [0.1, 0.15) is 23.7 Å². The van der Waals surface area contributed by atoms with Crippen LogP contribution in [0.2, 0.25) is 5.15 Å². The molecule has 1 aromatic rings. The highest BCUT2D eigenvalue weighted by Crippen LogP contribution is 2.18. The first-order valence-electron chi connectivity index (χ1n) is 4.36. The van der Waals surface area contributed by atoms with Gasteiger partial charge in [0.15, 0.2) is 0 Å². The van der Waals surface area contributed by atoms with Crippen molar-refractivity contribution in [2.45, 2.75) is 13.3 Å². The normalized spacial score (nSPS) is 11.2. The van der Waals surface area contributed by atoms with Gasteiger partial charge in [-0.1, -0.05) is 23.7 Å². The molecule has 0 spiro atoms. The van der Waals surface area contributed by atoms with Crippen LogP contribution in [0.25, 0.3) is 0 Å². The minimum atomic E-state index is -0.848. The maximum Gasteiger partial charge on any atom is 0.372 e. The van der Waals surface area contributed by atoms with Gasteiger partial charge in [-0.3, -0.25) is 0 Å². The van der Waals surface area contributed by atoms with E-state index in [-0.39, 0.29) is 22.4 Å². The molecule has 8 heteroatoms. The summed E-state index contributed by atoms with van der Waals surface area (Å²) in [6.45, 7) is 1.76. The van der Waals surface area contributed by atoms with Gasteiger partial charge in [-0.2, -0.15) is 0 Å². The lowest BCUT2D eigenvalue weighted by molar-refractivity contribution is 0.0515. The van der Waals surface area contributed by atoms with Crippen LogP contribution in [0.5, 0.6) is 0 Å². The van der Waals surface area contributed by atoms with Gasteiger partial charge >= 0.3 is 5.97 Å². The van der Waals surface area contributed by atoms with E-state index in [1.807, 2.05) is 0 Å². The zero-order valence-electron chi connectivity index (χ0n) is 8.48. The second kappa shape index (κ2) is 5.26. The molecular formula is C8H10ClN5O2. The van der Waals surface area contributed by atoms with Crippen molar-refractivity contribution in [3.05, 3.63) is 17.0 Å². The molecular weight excluding hydrogens is 234 g/mol. The minimum Gasteiger partial charge on any atom is -0.384 e. The topological polar surface area (TPSA) is 116 Å². The molecule has 16 heavy (non-hydrogen) atoms. The van der Waals surface area contributed by atoms with Crippen molar-refractivity contribution in [2.75, 3.05) is 5.73 Å². The molecule has 0 saturated carbocycles. The number of nitrogen functional groups attached to an aromatic ring is 1. The van der Waals surface area contributed by atoms with Crippen LogP contribution >= 0.6 is 11.6 Å². The lowest BCUT2D eigenvalue weighted by atomic mass is 10.3. The van der Waals surface area contributed by atoms with E-state index in [9.17, 15) is 4.79 Å². The second-order valence-electron chi connectivity index (χ2n) is 2.74. The molecule has 0 aliphatic rings. The van der Waals surface area contributed by atoms with E-state index in [1.54, 1.807) is 6.92 Å². The van der Waals surface area contributed by atoms with E-state index in [4.69, 9.17) is 23.1 Å². The summed E-state index contributed by atoms with van der Waals surface area (Å²) < 4.78 is 0. The lowest BCUT2D eigenvalue weighted by Gasteiger charge is -2.02. The molecule has 0 aliphatic carbocycles. The fraction of sp³-hybridized carbons (Fsp3) is 0.250. The predicted molar refractivity (Wildman–Crippen MR) is 58.8 cm³/mol. The lowest BCUT2D eigenvalue weighted by Crippen LogP contribution is -2.14. The summed E-state index contributed by atoms with van der Waals surface area (Å²) in [5, 5.41) is 3.28. The molecule has 1 heterocycles. The zero-order valence-corrected chi connectivity index (χ0v) is 9.23. The minimum absolute atomic E-state index is 0.0738. The number of oxime groups is 1. The standard InChI is InChI=1S/C8H10ClN5O2/c1-2-4(10)14-16-8(15)5-6(9)12-3-13-7(5)11/h3H,2H2,1H3,(H2,10,14)(H2,11,12,13). The Kier molecular flexibility index (Phi) is 4.01. The molecule has 0 radical (unpaired) electrons. The van der Waals surface area contributed by atoms with Gasteiger partial charge in [0, 0.05) is 6.42 Å². The van der Waals surface area contributed by atoms with Gasteiger partial charge in [-0.15, -0.1) is 0 Å². The van der Waals surface area contributed by atoms with E-state index in [1.165, 1.54) is 0 Å². The Morgan fingerprint density at radius 2 is 2.31 bits per heavy atom. The highest BCUT2D eigenvalue weighted by atomic mass is 35.5. The van der Waals surface area contributed by atoms with Crippen molar-refractivity contribution in [3.63, 3.8) is 0 Å². The molecule has 4 N–H and O–H groups in total. The summed E-state index contributed by atoms with van der Waals surface area (Å²) in [6.07, 6.45) is 1.60. The predicted octanol–water partition coefficient (Wildman–Crippen LogP) is 0.551. The van der Waals surface area contributed by atoms with Gasteiger partial charge in [0.05, 0.1) is 0 Å². The van der Waals surface area contributed by atoms with Crippen LogP contribution < -0.4 is 11.5 Å². The summed E-state index contributed by atoms with van der Waals surface area (Å²) in [6, 6.07) is 0. The number of amidine groups is 1. The number of carbonyl (C=O) groups is 1. The van der Waals surface area contributed by atoms with E-state index in [0.29, 0.717) is 6.42 Å². The number of carbonyl (C=O) groups excluding carboxylic acids is 1. The first kappa shape index (κ1) is 12.2. The van der Waals surface area contributed by atoms with E-state index < -0.39 is 5.97 Å². The molecule has 0 aliphatic heterocycles. The van der Waals surface area contributed by atoms with E-state index in [0.717, 1.165) is 6.33 Å². The average molecular weight is 244 g/mol. The summed E-state index contributed by atoms with van der Waals surface area (Å²) in [4.78, 5) is 23.2. The number of anilines is 1. The van der Waals surface area contributed by atoms with Gasteiger partial charge in [0.25, 0.3) is 0 Å². The number of hydrogen-bond donors (Lipinski definition) is 2.